The zero-order chi connectivity index (χ0) is 7.40. The van der Waals surface area contributed by atoms with Crippen molar-refractivity contribution < 1.29 is 9.13 Å². The summed E-state index contributed by atoms with van der Waals surface area (Å²) in [6, 6.07) is 0. The molecule has 0 aromatic rings. The molecule has 0 aromatic heterocycles. The second-order valence-corrected chi connectivity index (χ2v) is 2.72. The van der Waals surface area contributed by atoms with Gasteiger partial charge < -0.3 is 10.1 Å². The van der Waals surface area contributed by atoms with Crippen molar-refractivity contribution in [2.24, 2.45) is 5.92 Å². The van der Waals surface area contributed by atoms with Crippen LogP contribution in [0.5, 0.6) is 0 Å². The number of halogens is 2. The third-order valence-corrected chi connectivity index (χ3v) is 1.92. The van der Waals surface area contributed by atoms with Crippen LogP contribution < -0.4 is 5.32 Å². The van der Waals surface area contributed by atoms with Crippen molar-refractivity contribution in [2.45, 2.75) is 12.6 Å². The van der Waals surface area contributed by atoms with Crippen molar-refractivity contribution in [2.75, 3.05) is 26.8 Å². The van der Waals surface area contributed by atoms with Crippen LogP contribution >= 0.6 is 12.4 Å². The molecule has 1 fully saturated rings. The minimum absolute atomic E-state index is 0. The van der Waals surface area contributed by atoms with Crippen molar-refractivity contribution in [3.63, 3.8) is 0 Å². The number of nitrogens with one attached hydrogen (secondary N) is 1. The first-order valence-electron chi connectivity index (χ1n) is 3.68. The molecule has 1 aliphatic heterocycles. The number of piperidine rings is 1. The molecule has 0 aromatic carbocycles. The van der Waals surface area contributed by atoms with Gasteiger partial charge in [-0.05, 0) is 13.0 Å². The van der Waals surface area contributed by atoms with Crippen LogP contribution in [0, 0.1) is 5.92 Å². The van der Waals surface area contributed by atoms with Gasteiger partial charge in [0, 0.05) is 19.6 Å². The summed E-state index contributed by atoms with van der Waals surface area (Å²) in [6.07, 6.45) is 0.184. The van der Waals surface area contributed by atoms with E-state index < -0.39 is 6.17 Å². The Morgan fingerprint density at radius 3 is 2.91 bits per heavy atom. The first-order chi connectivity index (χ1) is 4.84. The van der Waals surface area contributed by atoms with Gasteiger partial charge in [-0.2, -0.15) is 0 Å². The molecule has 0 saturated carbocycles. The number of hydrogen-bond donors (Lipinski definition) is 1. The lowest BCUT2D eigenvalue weighted by molar-refractivity contribution is 0.0795. The highest BCUT2D eigenvalue weighted by atomic mass is 35.5. The van der Waals surface area contributed by atoms with Gasteiger partial charge in [0.1, 0.15) is 6.17 Å². The summed E-state index contributed by atoms with van der Waals surface area (Å²) in [5.41, 5.74) is 0. The first-order valence-corrected chi connectivity index (χ1v) is 3.68. The van der Waals surface area contributed by atoms with Gasteiger partial charge in [0.15, 0.2) is 0 Å². The molecule has 4 heteroatoms. The summed E-state index contributed by atoms with van der Waals surface area (Å²) in [5, 5.41) is 2.99. The van der Waals surface area contributed by atoms with Gasteiger partial charge in [0.2, 0.25) is 0 Å². The molecule has 1 heterocycles. The maximum Gasteiger partial charge on any atom is 0.118 e. The van der Waals surface area contributed by atoms with E-state index in [0.717, 1.165) is 13.0 Å². The van der Waals surface area contributed by atoms with Crippen molar-refractivity contribution in [1.82, 2.24) is 5.32 Å². The van der Waals surface area contributed by atoms with E-state index in [4.69, 9.17) is 4.74 Å². The molecule has 0 spiro atoms. The molecule has 11 heavy (non-hydrogen) atoms. The van der Waals surface area contributed by atoms with Crippen molar-refractivity contribution in [1.29, 1.82) is 0 Å². The quantitative estimate of drug-likeness (QED) is 0.690. The van der Waals surface area contributed by atoms with Crippen molar-refractivity contribution >= 4 is 12.4 Å². The Morgan fingerprint density at radius 2 is 2.36 bits per heavy atom. The highest BCUT2D eigenvalue weighted by Gasteiger charge is 2.23. The highest BCUT2D eigenvalue weighted by Crippen LogP contribution is 2.15. The topological polar surface area (TPSA) is 21.3 Å². The fourth-order valence-electron chi connectivity index (χ4n) is 1.28. The van der Waals surface area contributed by atoms with Crippen molar-refractivity contribution in [3.05, 3.63) is 0 Å². The maximum absolute atomic E-state index is 12.9. The van der Waals surface area contributed by atoms with Crippen LogP contribution in [0.15, 0.2) is 0 Å². The Balaban J connectivity index is 0.000001000. The zero-order valence-electron chi connectivity index (χ0n) is 6.68. The average Bonchev–Trinajstić information content (AvgIpc) is 1.94. The predicted molar refractivity (Wildman–Crippen MR) is 45.0 cm³/mol. The van der Waals surface area contributed by atoms with Crippen LogP contribution in [0.1, 0.15) is 6.42 Å². The van der Waals surface area contributed by atoms with Crippen LogP contribution in [-0.2, 0) is 4.74 Å². The van der Waals surface area contributed by atoms with Gasteiger partial charge >= 0.3 is 0 Å². The number of hydrogen-bond acceptors (Lipinski definition) is 2. The summed E-state index contributed by atoms with van der Waals surface area (Å²) >= 11 is 0. The molecule has 0 aliphatic carbocycles. The number of methoxy groups -OCH3 is 1. The van der Waals surface area contributed by atoms with Gasteiger partial charge in [0.25, 0.3) is 0 Å². The van der Waals surface area contributed by atoms with E-state index in [1.807, 2.05) is 0 Å². The summed E-state index contributed by atoms with van der Waals surface area (Å²) < 4.78 is 17.8. The van der Waals surface area contributed by atoms with E-state index in [1.54, 1.807) is 7.11 Å². The second kappa shape index (κ2) is 5.75. The van der Waals surface area contributed by atoms with E-state index in [1.165, 1.54) is 0 Å². The predicted octanol–water partition coefficient (Wildman–Crippen LogP) is 1.00. The lowest BCUT2D eigenvalue weighted by Crippen LogP contribution is -2.39. The van der Waals surface area contributed by atoms with Gasteiger partial charge in [-0.1, -0.05) is 0 Å². The standard InChI is InChI=1S/C7H14FNO.ClH/c1-10-5-6-2-3-9-4-7(6)8;/h6-7,9H,2-5H2,1H3;1H. The molecule has 1 rings (SSSR count). The van der Waals surface area contributed by atoms with E-state index in [0.29, 0.717) is 13.2 Å². The molecule has 0 radical (unpaired) electrons. The van der Waals surface area contributed by atoms with Crippen LogP contribution in [0.4, 0.5) is 4.39 Å². The molecule has 1 saturated heterocycles. The highest BCUT2D eigenvalue weighted by molar-refractivity contribution is 5.85. The molecule has 68 valence electrons. The van der Waals surface area contributed by atoms with Gasteiger partial charge in [-0.25, -0.2) is 4.39 Å². The van der Waals surface area contributed by atoms with Crippen molar-refractivity contribution in [3.8, 4) is 0 Å². The average molecular weight is 184 g/mol. The van der Waals surface area contributed by atoms with E-state index in [9.17, 15) is 4.39 Å². The molecule has 0 bridgehead atoms. The molecular formula is C7H15ClFNO. The molecule has 2 atom stereocenters. The van der Waals surface area contributed by atoms with Gasteiger partial charge in [-0.15, -0.1) is 12.4 Å². The number of ether oxygens (including phenoxy) is 1. The largest absolute Gasteiger partial charge is 0.384 e. The Labute approximate surface area is 72.9 Å². The fourth-order valence-corrected chi connectivity index (χ4v) is 1.28. The number of alkyl halides is 1. The summed E-state index contributed by atoms with van der Waals surface area (Å²) in [4.78, 5) is 0. The molecule has 1 N–H and O–H groups in total. The molecule has 0 amide bonds. The Kier molecular flexibility index (Phi) is 5.82. The molecule has 2 nitrogen and oxygen atoms in total. The number of rotatable bonds is 2. The summed E-state index contributed by atoms with van der Waals surface area (Å²) in [5.74, 6) is 0.117. The smallest absolute Gasteiger partial charge is 0.118 e. The Bertz CT molecular complexity index is 102. The third kappa shape index (κ3) is 3.36. The van der Waals surface area contributed by atoms with Crippen LogP contribution in [0.2, 0.25) is 0 Å². The Hall–Kier alpha value is 0.140. The first kappa shape index (κ1) is 11.1. The van der Waals surface area contributed by atoms with Crippen LogP contribution in [-0.4, -0.2) is 33.0 Å². The summed E-state index contributed by atoms with van der Waals surface area (Å²) in [7, 11) is 1.62. The molecule has 1 aliphatic rings. The van der Waals surface area contributed by atoms with E-state index in [-0.39, 0.29) is 18.3 Å². The summed E-state index contributed by atoms with van der Waals surface area (Å²) in [6.45, 7) is 1.98. The molecule has 2 unspecified atom stereocenters. The lowest BCUT2D eigenvalue weighted by Gasteiger charge is -2.25. The fraction of sp³-hybridized carbons (Fsp3) is 1.00. The zero-order valence-corrected chi connectivity index (χ0v) is 7.49. The maximum atomic E-state index is 12.9. The minimum atomic E-state index is -0.714. The second-order valence-electron chi connectivity index (χ2n) is 2.72. The molecular weight excluding hydrogens is 169 g/mol. The van der Waals surface area contributed by atoms with E-state index >= 15 is 0 Å². The van der Waals surface area contributed by atoms with Crippen LogP contribution in [0.3, 0.4) is 0 Å². The minimum Gasteiger partial charge on any atom is -0.384 e. The Morgan fingerprint density at radius 1 is 1.64 bits per heavy atom. The normalized spacial score (nSPS) is 31.1. The third-order valence-electron chi connectivity index (χ3n) is 1.92. The van der Waals surface area contributed by atoms with Gasteiger partial charge in [0.05, 0.1) is 6.61 Å². The lowest BCUT2D eigenvalue weighted by atomic mass is 9.97. The monoisotopic (exact) mass is 183 g/mol. The van der Waals surface area contributed by atoms with Gasteiger partial charge in [-0.3, -0.25) is 0 Å². The SMILES string of the molecule is COCC1CCNCC1F.Cl. The van der Waals surface area contributed by atoms with Crippen LogP contribution in [0.25, 0.3) is 0 Å². The van der Waals surface area contributed by atoms with E-state index in [2.05, 4.69) is 5.32 Å².